The fraction of sp³-hybridized carbons (Fsp3) is 0.500. The van der Waals surface area contributed by atoms with Gasteiger partial charge in [-0.1, -0.05) is 104 Å². The molecule has 8 bridgehead atoms. The minimum Gasteiger partial charge on any atom is -0.142 e. The second-order valence-electron chi connectivity index (χ2n) is 20.7. The summed E-state index contributed by atoms with van der Waals surface area (Å²) in [6.45, 7) is 20.2. The van der Waals surface area contributed by atoms with Gasteiger partial charge < -0.3 is 0 Å². The van der Waals surface area contributed by atoms with Crippen molar-refractivity contribution in [3.63, 3.8) is 0 Å². The van der Waals surface area contributed by atoms with Crippen LogP contribution in [-0.2, 0) is 0 Å². The summed E-state index contributed by atoms with van der Waals surface area (Å²) in [6, 6.07) is 0. The average Bonchev–Trinajstić information content (AvgIpc) is 3.87. The van der Waals surface area contributed by atoms with Crippen LogP contribution in [0, 0.1) is 21.7 Å². The van der Waals surface area contributed by atoms with Crippen molar-refractivity contribution in [2.45, 2.75) is 128 Å². The Morgan fingerprint density at radius 3 is 1.06 bits per heavy atom. The molecule has 0 radical (unpaired) electrons. The molecule has 12 aliphatic carbocycles. The van der Waals surface area contributed by atoms with Crippen LogP contribution in [0.1, 0.15) is 173 Å². The lowest BCUT2D eigenvalue weighted by molar-refractivity contribution is 0.251. The quantitative estimate of drug-likeness (QED) is 0.183. The molecular weight excluding hydrogens is 705 g/mol. The highest BCUT2D eigenvalue weighted by Crippen LogP contribution is 2.70. The summed E-state index contributed by atoms with van der Waals surface area (Å²) in [4.78, 5) is 9.75. The highest BCUT2D eigenvalue weighted by molar-refractivity contribution is 7.29. The third kappa shape index (κ3) is 3.89. The second kappa shape index (κ2) is 9.94. The molecule has 12 aliphatic rings. The molecule has 0 saturated heterocycles. The van der Waals surface area contributed by atoms with E-state index in [9.17, 15) is 0 Å². The van der Waals surface area contributed by atoms with Crippen molar-refractivity contribution in [1.29, 1.82) is 0 Å². The van der Waals surface area contributed by atoms with Gasteiger partial charge in [0.1, 0.15) is 0 Å². The van der Waals surface area contributed by atoms with Crippen molar-refractivity contribution in [2.24, 2.45) is 21.7 Å². The van der Waals surface area contributed by atoms with Gasteiger partial charge in [-0.15, -0.1) is 45.3 Å². The van der Waals surface area contributed by atoms with Gasteiger partial charge >= 0.3 is 0 Å². The summed E-state index contributed by atoms with van der Waals surface area (Å²) < 4.78 is 0. The monoisotopic (exact) mass is 754 g/mol. The van der Waals surface area contributed by atoms with E-state index in [1.54, 1.807) is 73.8 Å². The maximum Gasteiger partial charge on any atom is 0.0494 e. The SMILES string of the molecule is CC1(C)CC2C=CC1c1csc(-c3sc(-c4sc(-c5scc6c5C5C=CC6C(C)(C)C5)c5c4C4C=CC5C(C)(C)C4)c4c3C3C=CC4C(C)(C)C3)c12. The van der Waals surface area contributed by atoms with Crippen molar-refractivity contribution >= 4 is 45.3 Å². The number of allylic oxidation sites excluding steroid dienone is 8. The molecule has 0 fully saturated rings. The molecule has 4 heteroatoms. The van der Waals surface area contributed by atoms with E-state index in [1.165, 1.54) is 25.7 Å². The molecule has 52 heavy (non-hydrogen) atoms. The Hall–Kier alpha value is -2.24. The zero-order valence-electron chi connectivity index (χ0n) is 31.9. The molecule has 4 heterocycles. The third-order valence-corrected chi connectivity index (χ3v) is 20.5. The van der Waals surface area contributed by atoms with Gasteiger partial charge in [-0.3, -0.25) is 0 Å². The van der Waals surface area contributed by atoms with Crippen molar-refractivity contribution in [3.8, 4) is 29.3 Å². The number of fused-ring (bicyclic) bond motifs is 4. The maximum atomic E-state index is 2.63. The number of rotatable bonds is 3. The maximum absolute atomic E-state index is 2.63. The van der Waals surface area contributed by atoms with Crippen molar-refractivity contribution in [3.05, 3.63) is 104 Å². The molecule has 0 N–H and O–H groups in total. The lowest BCUT2D eigenvalue weighted by Crippen LogP contribution is -2.33. The van der Waals surface area contributed by atoms with E-state index in [1.807, 2.05) is 0 Å². The lowest BCUT2D eigenvalue weighted by Gasteiger charge is -2.46. The van der Waals surface area contributed by atoms with Crippen molar-refractivity contribution in [1.82, 2.24) is 0 Å². The summed E-state index contributed by atoms with van der Waals surface area (Å²) >= 11 is 8.57. The van der Waals surface area contributed by atoms with E-state index < -0.39 is 0 Å². The van der Waals surface area contributed by atoms with E-state index in [0.29, 0.717) is 58.2 Å². The van der Waals surface area contributed by atoms with Gasteiger partial charge in [-0.05, 0) is 103 Å². The first-order chi connectivity index (χ1) is 24.7. The first-order valence-electron chi connectivity index (χ1n) is 20.0. The zero-order valence-corrected chi connectivity index (χ0v) is 35.1. The summed E-state index contributed by atoms with van der Waals surface area (Å²) in [5.74, 6) is 4.17. The van der Waals surface area contributed by atoms with Crippen molar-refractivity contribution < 1.29 is 0 Å². The molecule has 0 saturated carbocycles. The Morgan fingerprint density at radius 1 is 0.365 bits per heavy atom. The molecule has 16 rings (SSSR count). The molecule has 4 aromatic heterocycles. The summed E-state index contributed by atoms with van der Waals surface area (Å²) in [6.07, 6.45) is 25.8. The fourth-order valence-electron chi connectivity index (χ4n) is 13.2. The number of hydrogen-bond acceptors (Lipinski definition) is 4. The van der Waals surface area contributed by atoms with E-state index in [2.05, 4.69) is 160 Å². The summed E-state index contributed by atoms with van der Waals surface area (Å²) in [7, 11) is 0. The Kier molecular flexibility index (Phi) is 6.13. The van der Waals surface area contributed by atoms with E-state index in [0.717, 1.165) is 0 Å². The van der Waals surface area contributed by atoms with Crippen LogP contribution in [0.25, 0.3) is 29.3 Å². The normalized spacial score (nSPS) is 34.5. The molecule has 0 spiro atoms. The fourth-order valence-corrected chi connectivity index (χ4v) is 18.9. The van der Waals surface area contributed by atoms with Crippen LogP contribution in [-0.4, -0.2) is 0 Å². The number of thiophene rings is 4. The van der Waals surface area contributed by atoms with E-state index in [4.69, 9.17) is 0 Å². The molecular formula is C48H50S4. The Morgan fingerprint density at radius 2 is 0.673 bits per heavy atom. The molecule has 0 nitrogen and oxygen atoms in total. The Bertz CT molecular complexity index is 2380. The Labute approximate surface area is 326 Å². The van der Waals surface area contributed by atoms with Gasteiger partial charge in [0.05, 0.1) is 0 Å². The largest absolute Gasteiger partial charge is 0.142 e. The van der Waals surface area contributed by atoms with E-state index >= 15 is 0 Å². The molecule has 8 atom stereocenters. The van der Waals surface area contributed by atoms with Gasteiger partial charge in [0.25, 0.3) is 0 Å². The summed E-state index contributed by atoms with van der Waals surface area (Å²) in [5, 5.41) is 5.14. The lowest BCUT2D eigenvalue weighted by atomic mass is 9.57. The van der Waals surface area contributed by atoms with Crippen LogP contribution >= 0.6 is 45.3 Å². The molecule has 0 aliphatic heterocycles. The van der Waals surface area contributed by atoms with Crippen LogP contribution < -0.4 is 0 Å². The van der Waals surface area contributed by atoms with Gasteiger partial charge in [0.15, 0.2) is 0 Å². The van der Waals surface area contributed by atoms with Crippen LogP contribution in [0.3, 0.4) is 0 Å². The predicted octanol–water partition coefficient (Wildman–Crippen LogP) is 15.6. The minimum atomic E-state index is 0.270. The molecule has 4 aromatic rings. The first kappa shape index (κ1) is 32.0. The molecule has 0 aromatic carbocycles. The van der Waals surface area contributed by atoms with Gasteiger partial charge in [0, 0.05) is 76.6 Å². The molecule has 266 valence electrons. The van der Waals surface area contributed by atoms with Gasteiger partial charge in [-0.2, -0.15) is 0 Å². The van der Waals surface area contributed by atoms with Crippen molar-refractivity contribution in [2.75, 3.05) is 0 Å². The first-order valence-corrected chi connectivity index (χ1v) is 23.4. The van der Waals surface area contributed by atoms with Gasteiger partial charge in [-0.25, -0.2) is 0 Å². The standard InChI is InChI=1S/C48H50S4/c1-45(2)17-23-9-13-29(45)27-21-49-39(33(23)27)41-35-25-11-16-32(48(7,8)19-25)38(35)44(51-41)42-36-26-12-15-31(47(5,6)20-26)37(36)43(52-42)40-34-24-10-14-30(28(34)22-50-40)46(3,4)18-24/h9-16,21-26,29-32H,17-20H2,1-8H3. The predicted molar refractivity (Wildman–Crippen MR) is 226 cm³/mol. The average molecular weight is 755 g/mol. The second-order valence-corrected chi connectivity index (χ2v) is 24.5. The minimum absolute atomic E-state index is 0.270. The van der Waals surface area contributed by atoms with Crippen LogP contribution in [0.4, 0.5) is 0 Å². The topological polar surface area (TPSA) is 0 Å². The molecule has 8 unspecified atom stereocenters. The van der Waals surface area contributed by atoms with Crippen LogP contribution in [0.15, 0.2) is 59.4 Å². The van der Waals surface area contributed by atoms with E-state index in [-0.39, 0.29) is 10.8 Å². The smallest absolute Gasteiger partial charge is 0.0494 e. The van der Waals surface area contributed by atoms with Crippen LogP contribution in [0.5, 0.6) is 0 Å². The molecule has 0 amide bonds. The third-order valence-electron chi connectivity index (χ3n) is 15.6. The zero-order chi connectivity index (χ0) is 35.4. The highest BCUT2D eigenvalue weighted by Gasteiger charge is 2.52. The Balaban J connectivity index is 1.11. The number of hydrogen-bond donors (Lipinski definition) is 0. The summed E-state index contributed by atoms with van der Waals surface area (Å²) in [5.41, 5.74) is 14.7. The van der Waals surface area contributed by atoms with Crippen LogP contribution in [0.2, 0.25) is 0 Å². The highest BCUT2D eigenvalue weighted by atomic mass is 32.1. The van der Waals surface area contributed by atoms with Gasteiger partial charge in [0.2, 0.25) is 0 Å².